The van der Waals surface area contributed by atoms with Crippen LogP contribution >= 0.6 is 0 Å². The summed E-state index contributed by atoms with van der Waals surface area (Å²) in [6.07, 6.45) is 0.313. The zero-order valence-corrected chi connectivity index (χ0v) is 18.4. The van der Waals surface area contributed by atoms with E-state index in [1.807, 2.05) is 12.1 Å². The predicted octanol–water partition coefficient (Wildman–Crippen LogP) is 2.96. The molecule has 0 spiro atoms. The SMILES string of the molecule is CN=C(NCCOc1ccc(C)cc1)NCc1cccc(CN2CCOC(C)C2)c1. The predicted molar refractivity (Wildman–Crippen MR) is 122 cm³/mol. The van der Waals surface area contributed by atoms with E-state index in [-0.39, 0.29) is 0 Å². The van der Waals surface area contributed by atoms with Gasteiger partial charge in [0.2, 0.25) is 0 Å². The summed E-state index contributed by atoms with van der Waals surface area (Å²) in [6.45, 7) is 9.96. The maximum Gasteiger partial charge on any atom is 0.191 e. The summed E-state index contributed by atoms with van der Waals surface area (Å²) in [5.41, 5.74) is 3.80. The molecule has 0 aromatic heterocycles. The number of rotatable bonds is 8. The molecular formula is C24H34N4O2. The quantitative estimate of drug-likeness (QED) is 0.398. The molecule has 2 N–H and O–H groups in total. The molecule has 162 valence electrons. The highest BCUT2D eigenvalue weighted by molar-refractivity contribution is 5.79. The van der Waals surface area contributed by atoms with Gasteiger partial charge in [0.25, 0.3) is 0 Å². The highest BCUT2D eigenvalue weighted by atomic mass is 16.5. The van der Waals surface area contributed by atoms with Gasteiger partial charge in [-0.2, -0.15) is 0 Å². The number of hydrogen-bond acceptors (Lipinski definition) is 4. The van der Waals surface area contributed by atoms with E-state index in [0.29, 0.717) is 19.3 Å². The van der Waals surface area contributed by atoms with Crippen LogP contribution in [0.15, 0.2) is 53.5 Å². The zero-order valence-electron chi connectivity index (χ0n) is 18.4. The van der Waals surface area contributed by atoms with Crippen LogP contribution in [-0.4, -0.2) is 56.9 Å². The fourth-order valence-corrected chi connectivity index (χ4v) is 3.51. The largest absolute Gasteiger partial charge is 0.492 e. The van der Waals surface area contributed by atoms with Crippen molar-refractivity contribution in [3.63, 3.8) is 0 Å². The molecule has 0 saturated carbocycles. The summed E-state index contributed by atoms with van der Waals surface area (Å²) in [5, 5.41) is 6.68. The fraction of sp³-hybridized carbons (Fsp3) is 0.458. The van der Waals surface area contributed by atoms with Gasteiger partial charge in [0.1, 0.15) is 12.4 Å². The molecule has 1 aliphatic rings. The Balaban J connectivity index is 1.40. The molecule has 2 aromatic rings. The van der Waals surface area contributed by atoms with Crippen molar-refractivity contribution in [2.45, 2.75) is 33.0 Å². The number of guanidine groups is 1. The van der Waals surface area contributed by atoms with Crippen LogP contribution in [0.4, 0.5) is 0 Å². The van der Waals surface area contributed by atoms with Gasteiger partial charge in [-0.25, -0.2) is 0 Å². The molecule has 1 saturated heterocycles. The molecule has 0 bridgehead atoms. The summed E-state index contributed by atoms with van der Waals surface area (Å²) >= 11 is 0. The first-order valence-corrected chi connectivity index (χ1v) is 10.7. The molecular weight excluding hydrogens is 376 g/mol. The smallest absolute Gasteiger partial charge is 0.191 e. The first-order valence-electron chi connectivity index (χ1n) is 10.7. The molecule has 6 nitrogen and oxygen atoms in total. The number of hydrogen-bond donors (Lipinski definition) is 2. The summed E-state index contributed by atoms with van der Waals surface area (Å²) in [6, 6.07) is 16.8. The molecule has 0 radical (unpaired) electrons. The Hall–Kier alpha value is -2.57. The third-order valence-corrected chi connectivity index (χ3v) is 5.09. The molecule has 30 heavy (non-hydrogen) atoms. The second-order valence-electron chi connectivity index (χ2n) is 7.75. The lowest BCUT2D eigenvalue weighted by Crippen LogP contribution is -2.40. The van der Waals surface area contributed by atoms with Crippen LogP contribution in [0.3, 0.4) is 0 Å². The van der Waals surface area contributed by atoms with E-state index in [2.05, 4.69) is 70.8 Å². The second-order valence-corrected chi connectivity index (χ2v) is 7.75. The van der Waals surface area contributed by atoms with Crippen LogP contribution < -0.4 is 15.4 Å². The fourth-order valence-electron chi connectivity index (χ4n) is 3.51. The molecule has 2 aromatic carbocycles. The van der Waals surface area contributed by atoms with Gasteiger partial charge in [-0.1, -0.05) is 42.0 Å². The van der Waals surface area contributed by atoms with Gasteiger partial charge >= 0.3 is 0 Å². The number of nitrogens with zero attached hydrogens (tertiary/aromatic N) is 2. The average molecular weight is 411 g/mol. The monoisotopic (exact) mass is 410 g/mol. The lowest BCUT2D eigenvalue weighted by atomic mass is 10.1. The summed E-state index contributed by atoms with van der Waals surface area (Å²) < 4.78 is 11.4. The van der Waals surface area contributed by atoms with Crippen molar-refractivity contribution in [1.29, 1.82) is 0 Å². The summed E-state index contributed by atoms with van der Waals surface area (Å²) in [4.78, 5) is 6.75. The summed E-state index contributed by atoms with van der Waals surface area (Å²) in [5.74, 6) is 1.66. The zero-order chi connectivity index (χ0) is 21.2. The minimum absolute atomic E-state index is 0.313. The lowest BCUT2D eigenvalue weighted by molar-refractivity contribution is -0.0212. The van der Waals surface area contributed by atoms with Crippen LogP contribution in [0.2, 0.25) is 0 Å². The van der Waals surface area contributed by atoms with Crippen molar-refractivity contribution in [3.8, 4) is 5.75 Å². The van der Waals surface area contributed by atoms with Gasteiger partial charge in [-0.05, 0) is 37.1 Å². The number of aryl methyl sites for hydroxylation is 1. The van der Waals surface area contributed by atoms with Crippen LogP contribution in [0, 0.1) is 6.92 Å². The van der Waals surface area contributed by atoms with E-state index in [9.17, 15) is 0 Å². The first-order chi connectivity index (χ1) is 14.6. The molecule has 1 aliphatic heterocycles. The van der Waals surface area contributed by atoms with Crippen molar-refractivity contribution in [3.05, 3.63) is 65.2 Å². The number of morpholine rings is 1. The minimum atomic E-state index is 0.313. The van der Waals surface area contributed by atoms with Crippen LogP contribution in [0.1, 0.15) is 23.6 Å². The van der Waals surface area contributed by atoms with E-state index < -0.39 is 0 Å². The van der Waals surface area contributed by atoms with Crippen molar-refractivity contribution in [1.82, 2.24) is 15.5 Å². The Morgan fingerprint density at radius 3 is 2.73 bits per heavy atom. The van der Waals surface area contributed by atoms with Crippen molar-refractivity contribution in [2.75, 3.05) is 39.9 Å². The normalized spacial score (nSPS) is 17.6. The van der Waals surface area contributed by atoms with Gasteiger partial charge in [0, 0.05) is 33.2 Å². The molecule has 0 amide bonds. The van der Waals surface area contributed by atoms with Gasteiger partial charge < -0.3 is 20.1 Å². The number of benzene rings is 2. The Labute approximate surface area is 180 Å². The Kier molecular flexibility index (Phi) is 8.53. The van der Waals surface area contributed by atoms with Crippen molar-refractivity contribution in [2.24, 2.45) is 4.99 Å². The number of nitrogens with one attached hydrogen (secondary N) is 2. The highest BCUT2D eigenvalue weighted by Gasteiger charge is 2.16. The maximum atomic E-state index is 5.76. The number of ether oxygens (including phenoxy) is 2. The Morgan fingerprint density at radius 2 is 1.97 bits per heavy atom. The second kappa shape index (κ2) is 11.6. The van der Waals surface area contributed by atoms with E-state index in [1.165, 1.54) is 16.7 Å². The molecule has 1 atom stereocenters. The Bertz CT molecular complexity index is 807. The van der Waals surface area contributed by atoms with E-state index >= 15 is 0 Å². The molecule has 1 unspecified atom stereocenters. The average Bonchev–Trinajstić information content (AvgIpc) is 2.75. The standard InChI is InChI=1S/C24H34N4O2/c1-19-7-9-23(10-8-19)30-13-11-26-24(25-3)27-16-21-5-4-6-22(15-21)18-28-12-14-29-20(2)17-28/h4-10,15,20H,11-14,16-18H2,1-3H3,(H2,25,26,27). The van der Waals surface area contributed by atoms with Gasteiger partial charge in [-0.3, -0.25) is 9.89 Å². The van der Waals surface area contributed by atoms with Crippen LogP contribution in [-0.2, 0) is 17.8 Å². The first kappa shape index (κ1) is 22.1. The van der Waals surface area contributed by atoms with E-state index in [4.69, 9.17) is 9.47 Å². The molecule has 1 heterocycles. The summed E-state index contributed by atoms with van der Waals surface area (Å²) in [7, 11) is 1.78. The Morgan fingerprint density at radius 1 is 1.17 bits per heavy atom. The van der Waals surface area contributed by atoms with Gasteiger partial charge in [-0.15, -0.1) is 0 Å². The molecule has 3 rings (SSSR count). The van der Waals surface area contributed by atoms with E-state index in [1.54, 1.807) is 7.05 Å². The van der Waals surface area contributed by atoms with Gasteiger partial charge in [0.05, 0.1) is 19.3 Å². The minimum Gasteiger partial charge on any atom is -0.492 e. The van der Waals surface area contributed by atoms with Crippen molar-refractivity contribution < 1.29 is 9.47 Å². The third-order valence-electron chi connectivity index (χ3n) is 5.09. The van der Waals surface area contributed by atoms with Crippen LogP contribution in [0.25, 0.3) is 0 Å². The van der Waals surface area contributed by atoms with Crippen molar-refractivity contribution >= 4 is 5.96 Å². The highest BCUT2D eigenvalue weighted by Crippen LogP contribution is 2.12. The molecule has 0 aliphatic carbocycles. The molecule has 6 heteroatoms. The third kappa shape index (κ3) is 7.35. The lowest BCUT2D eigenvalue weighted by Gasteiger charge is -2.31. The van der Waals surface area contributed by atoms with Gasteiger partial charge in [0.15, 0.2) is 5.96 Å². The number of aliphatic imine (C=N–C) groups is 1. The van der Waals surface area contributed by atoms with E-state index in [0.717, 1.165) is 44.5 Å². The maximum absolute atomic E-state index is 5.76. The molecule has 1 fully saturated rings. The van der Waals surface area contributed by atoms with Crippen LogP contribution in [0.5, 0.6) is 5.75 Å². The topological polar surface area (TPSA) is 58.1 Å².